The van der Waals surface area contributed by atoms with Gasteiger partial charge in [-0.3, -0.25) is 4.79 Å². The van der Waals surface area contributed by atoms with E-state index in [2.05, 4.69) is 20.6 Å². The van der Waals surface area contributed by atoms with E-state index in [9.17, 15) is 4.79 Å². The maximum Gasteiger partial charge on any atom is 0.274 e. The lowest BCUT2D eigenvalue weighted by atomic mass is 10.2. The van der Waals surface area contributed by atoms with E-state index in [1.54, 1.807) is 30.3 Å². The average molecular weight is 329 g/mol. The summed E-state index contributed by atoms with van der Waals surface area (Å²) >= 11 is 0. The third kappa shape index (κ3) is 4.18. The summed E-state index contributed by atoms with van der Waals surface area (Å²) in [6.07, 6.45) is 1.33. The fraction of sp³-hybridized carbons (Fsp3) is 0.0526. The summed E-state index contributed by atoms with van der Waals surface area (Å²) in [5.41, 5.74) is 3.27. The van der Waals surface area contributed by atoms with Crippen molar-refractivity contribution < 1.29 is 4.79 Å². The van der Waals surface area contributed by atoms with E-state index >= 15 is 0 Å². The molecule has 1 aromatic heterocycles. The molecule has 3 aromatic rings. The van der Waals surface area contributed by atoms with Crippen molar-refractivity contribution in [2.75, 3.05) is 10.6 Å². The molecular weight excluding hydrogens is 314 g/mol. The van der Waals surface area contributed by atoms with E-state index in [0.29, 0.717) is 17.1 Å². The van der Waals surface area contributed by atoms with Crippen LogP contribution in [0.15, 0.2) is 60.9 Å². The molecule has 0 aliphatic heterocycles. The Morgan fingerprint density at radius 3 is 2.60 bits per heavy atom. The summed E-state index contributed by atoms with van der Waals surface area (Å²) in [4.78, 5) is 20.5. The van der Waals surface area contributed by atoms with Crippen molar-refractivity contribution in [1.29, 1.82) is 5.26 Å². The Morgan fingerprint density at radius 1 is 1.04 bits per heavy atom. The number of nitriles is 1. The number of amides is 1. The van der Waals surface area contributed by atoms with Crippen LogP contribution in [0.3, 0.4) is 0 Å². The number of aryl methyl sites for hydroxylation is 1. The first kappa shape index (κ1) is 16.1. The third-order valence-corrected chi connectivity index (χ3v) is 3.47. The minimum Gasteiger partial charge on any atom is -0.340 e. The van der Waals surface area contributed by atoms with Gasteiger partial charge >= 0.3 is 0 Å². The van der Waals surface area contributed by atoms with Crippen LogP contribution in [0, 0.1) is 18.3 Å². The number of carbonyl (C=O) groups is 1. The second-order valence-corrected chi connectivity index (χ2v) is 5.43. The highest BCUT2D eigenvalue weighted by atomic mass is 16.1. The van der Waals surface area contributed by atoms with E-state index < -0.39 is 0 Å². The van der Waals surface area contributed by atoms with Crippen LogP contribution in [0.1, 0.15) is 21.6 Å². The predicted molar refractivity (Wildman–Crippen MR) is 95.6 cm³/mol. The van der Waals surface area contributed by atoms with Crippen molar-refractivity contribution in [3.63, 3.8) is 0 Å². The number of benzene rings is 2. The van der Waals surface area contributed by atoms with Crippen LogP contribution in [0.25, 0.3) is 0 Å². The molecule has 0 unspecified atom stereocenters. The van der Waals surface area contributed by atoms with Crippen molar-refractivity contribution >= 4 is 23.1 Å². The van der Waals surface area contributed by atoms with Gasteiger partial charge in [-0.15, -0.1) is 0 Å². The zero-order valence-electron chi connectivity index (χ0n) is 13.5. The Morgan fingerprint density at radius 2 is 1.84 bits per heavy atom. The summed E-state index contributed by atoms with van der Waals surface area (Å²) in [5.74, 6) is 0.152. The summed E-state index contributed by atoms with van der Waals surface area (Å²) in [6, 6.07) is 18.1. The molecule has 6 heteroatoms. The quantitative estimate of drug-likeness (QED) is 0.762. The lowest BCUT2D eigenvalue weighted by molar-refractivity contribution is 0.102. The molecule has 0 saturated carbocycles. The molecule has 0 radical (unpaired) electrons. The molecule has 1 amide bonds. The van der Waals surface area contributed by atoms with Crippen molar-refractivity contribution in [1.82, 2.24) is 9.97 Å². The lowest BCUT2D eigenvalue weighted by Gasteiger charge is -2.08. The number of hydrogen-bond acceptors (Lipinski definition) is 5. The summed E-state index contributed by atoms with van der Waals surface area (Å²) < 4.78 is 0. The second-order valence-electron chi connectivity index (χ2n) is 5.43. The smallest absolute Gasteiger partial charge is 0.274 e. The van der Waals surface area contributed by atoms with Gasteiger partial charge in [0.25, 0.3) is 5.91 Å². The first-order chi connectivity index (χ1) is 12.1. The van der Waals surface area contributed by atoms with Crippen molar-refractivity contribution in [3.05, 3.63) is 77.7 Å². The third-order valence-electron chi connectivity index (χ3n) is 3.47. The van der Waals surface area contributed by atoms with Crippen LogP contribution in [-0.4, -0.2) is 15.9 Å². The van der Waals surface area contributed by atoms with Gasteiger partial charge in [-0.2, -0.15) is 5.26 Å². The van der Waals surface area contributed by atoms with Crippen LogP contribution >= 0.6 is 0 Å². The van der Waals surface area contributed by atoms with Crippen LogP contribution in [0.4, 0.5) is 17.2 Å². The Kier molecular flexibility index (Phi) is 4.67. The van der Waals surface area contributed by atoms with Crippen molar-refractivity contribution in [2.24, 2.45) is 0 Å². The number of nitrogens with zero attached hydrogens (tertiary/aromatic N) is 3. The largest absolute Gasteiger partial charge is 0.340 e. The number of nitrogens with one attached hydrogen (secondary N) is 2. The van der Waals surface area contributed by atoms with E-state index in [0.717, 1.165) is 11.3 Å². The Bertz CT molecular complexity index is 945. The Labute approximate surface area is 145 Å². The topological polar surface area (TPSA) is 90.7 Å². The minimum atomic E-state index is -0.371. The molecule has 0 fully saturated rings. The van der Waals surface area contributed by atoms with Crippen LogP contribution in [-0.2, 0) is 0 Å². The first-order valence-corrected chi connectivity index (χ1v) is 7.61. The van der Waals surface area contributed by atoms with E-state index in [1.165, 1.54) is 6.33 Å². The van der Waals surface area contributed by atoms with E-state index in [-0.39, 0.29) is 11.6 Å². The number of rotatable bonds is 4. The molecule has 1 heterocycles. The van der Waals surface area contributed by atoms with Crippen molar-refractivity contribution in [2.45, 2.75) is 6.92 Å². The first-order valence-electron chi connectivity index (χ1n) is 7.61. The monoisotopic (exact) mass is 329 g/mol. The zero-order valence-corrected chi connectivity index (χ0v) is 13.5. The summed E-state index contributed by atoms with van der Waals surface area (Å²) in [7, 11) is 0. The normalized spacial score (nSPS) is 9.92. The molecule has 6 nitrogen and oxygen atoms in total. The molecule has 25 heavy (non-hydrogen) atoms. The molecule has 122 valence electrons. The van der Waals surface area contributed by atoms with E-state index in [4.69, 9.17) is 5.26 Å². The molecule has 0 aliphatic rings. The Balaban J connectivity index is 1.75. The highest BCUT2D eigenvalue weighted by Crippen LogP contribution is 2.16. The van der Waals surface area contributed by atoms with Gasteiger partial charge in [-0.05, 0) is 37.3 Å². The number of aromatic nitrogens is 2. The molecule has 0 spiro atoms. The highest BCUT2D eigenvalue weighted by Gasteiger charge is 2.10. The predicted octanol–water partition coefficient (Wildman–Crippen LogP) is 3.65. The second kappa shape index (κ2) is 7.23. The van der Waals surface area contributed by atoms with Gasteiger partial charge in [0, 0.05) is 17.4 Å². The molecule has 2 aromatic carbocycles. The van der Waals surface area contributed by atoms with Gasteiger partial charge in [0.1, 0.15) is 17.8 Å². The molecule has 0 aliphatic carbocycles. The molecule has 0 atom stereocenters. The van der Waals surface area contributed by atoms with Crippen LogP contribution in [0.5, 0.6) is 0 Å². The summed E-state index contributed by atoms with van der Waals surface area (Å²) in [5, 5.41) is 14.8. The molecule has 2 N–H and O–H groups in total. The molecule has 0 bridgehead atoms. The SMILES string of the molecule is Cc1ccc(Nc2cc(C(=O)Nc3cccc(C#N)c3)ncn2)cc1. The fourth-order valence-corrected chi connectivity index (χ4v) is 2.20. The number of anilines is 3. The van der Waals surface area contributed by atoms with Crippen LogP contribution in [0.2, 0.25) is 0 Å². The van der Waals surface area contributed by atoms with Crippen LogP contribution < -0.4 is 10.6 Å². The highest BCUT2D eigenvalue weighted by molar-refractivity contribution is 6.03. The van der Waals surface area contributed by atoms with Crippen molar-refractivity contribution in [3.8, 4) is 6.07 Å². The minimum absolute atomic E-state index is 0.229. The average Bonchev–Trinajstić information content (AvgIpc) is 2.64. The fourth-order valence-electron chi connectivity index (χ4n) is 2.20. The molecule has 3 rings (SSSR count). The maximum absolute atomic E-state index is 12.4. The van der Waals surface area contributed by atoms with Gasteiger partial charge < -0.3 is 10.6 Å². The standard InChI is InChI=1S/C19H15N5O/c1-13-5-7-15(8-6-13)23-18-10-17(21-12-22-18)19(25)24-16-4-2-3-14(9-16)11-20/h2-10,12H,1H3,(H,24,25)(H,21,22,23). The van der Waals surface area contributed by atoms with Gasteiger partial charge in [0.15, 0.2) is 0 Å². The molecular formula is C19H15N5O. The Hall–Kier alpha value is -3.72. The number of carbonyl (C=O) groups excluding carboxylic acids is 1. The van der Waals surface area contributed by atoms with E-state index in [1.807, 2.05) is 37.3 Å². The molecule has 0 saturated heterocycles. The lowest BCUT2D eigenvalue weighted by Crippen LogP contribution is -2.14. The van der Waals surface area contributed by atoms with Gasteiger partial charge in [0.05, 0.1) is 11.6 Å². The van der Waals surface area contributed by atoms with Gasteiger partial charge in [0.2, 0.25) is 0 Å². The number of hydrogen-bond donors (Lipinski definition) is 2. The zero-order chi connectivity index (χ0) is 17.6. The summed E-state index contributed by atoms with van der Waals surface area (Å²) in [6.45, 7) is 2.01. The maximum atomic E-state index is 12.4. The van der Waals surface area contributed by atoms with Gasteiger partial charge in [-0.1, -0.05) is 23.8 Å². The van der Waals surface area contributed by atoms with Gasteiger partial charge in [-0.25, -0.2) is 9.97 Å².